The summed E-state index contributed by atoms with van der Waals surface area (Å²) in [6.07, 6.45) is 2.71. The maximum absolute atomic E-state index is 4.30. The maximum Gasteiger partial charge on any atom is 0.191 e. The summed E-state index contributed by atoms with van der Waals surface area (Å²) < 4.78 is 0. The Morgan fingerprint density at radius 3 is 3.05 bits per heavy atom. The molecule has 2 rings (SSSR count). The first-order valence-electron chi connectivity index (χ1n) is 7.88. The van der Waals surface area contributed by atoms with Crippen LogP contribution in [-0.4, -0.2) is 43.6 Å². The van der Waals surface area contributed by atoms with Crippen molar-refractivity contribution in [2.24, 2.45) is 10.9 Å². The van der Waals surface area contributed by atoms with Gasteiger partial charge in [-0.05, 0) is 54.6 Å². The predicted molar refractivity (Wildman–Crippen MR) is 92.0 cm³/mol. The van der Waals surface area contributed by atoms with Gasteiger partial charge in [0.25, 0.3) is 0 Å². The molecule has 1 aliphatic rings. The van der Waals surface area contributed by atoms with Crippen LogP contribution in [0, 0.1) is 5.92 Å². The SMILES string of the molecule is CN=C(NCc1ccsc1)NCC(C)N1CCCC(C)C1. The number of hydrogen-bond donors (Lipinski definition) is 2. The topological polar surface area (TPSA) is 39.7 Å². The largest absolute Gasteiger partial charge is 0.355 e. The van der Waals surface area contributed by atoms with Crippen LogP contribution in [0.5, 0.6) is 0 Å². The summed E-state index contributed by atoms with van der Waals surface area (Å²) in [5.41, 5.74) is 1.31. The first kappa shape index (κ1) is 16.3. The van der Waals surface area contributed by atoms with E-state index in [2.05, 4.69) is 51.2 Å². The van der Waals surface area contributed by atoms with E-state index >= 15 is 0 Å². The van der Waals surface area contributed by atoms with Gasteiger partial charge in [-0.1, -0.05) is 6.92 Å². The van der Waals surface area contributed by atoms with Gasteiger partial charge in [0, 0.05) is 32.7 Å². The number of nitrogens with one attached hydrogen (secondary N) is 2. The average molecular weight is 308 g/mol. The molecule has 1 saturated heterocycles. The van der Waals surface area contributed by atoms with Crippen LogP contribution in [0.3, 0.4) is 0 Å². The van der Waals surface area contributed by atoms with Crippen molar-refractivity contribution in [1.82, 2.24) is 15.5 Å². The second-order valence-corrected chi connectivity index (χ2v) is 6.81. The third-order valence-electron chi connectivity index (χ3n) is 4.14. The highest BCUT2D eigenvalue weighted by Gasteiger charge is 2.20. The minimum atomic E-state index is 0.549. The molecule has 4 nitrogen and oxygen atoms in total. The van der Waals surface area contributed by atoms with Crippen LogP contribution >= 0.6 is 11.3 Å². The van der Waals surface area contributed by atoms with E-state index in [0.717, 1.165) is 25.0 Å². The van der Waals surface area contributed by atoms with Gasteiger partial charge in [0.05, 0.1) is 0 Å². The predicted octanol–water partition coefficient (Wildman–Crippen LogP) is 2.53. The molecule has 0 bridgehead atoms. The van der Waals surface area contributed by atoms with Gasteiger partial charge in [0.15, 0.2) is 5.96 Å². The summed E-state index contributed by atoms with van der Waals surface area (Å²) in [5.74, 6) is 1.72. The summed E-state index contributed by atoms with van der Waals surface area (Å²) in [6, 6.07) is 2.69. The normalized spacial score (nSPS) is 22.0. The maximum atomic E-state index is 4.30. The van der Waals surface area contributed by atoms with Crippen molar-refractivity contribution in [2.75, 3.05) is 26.7 Å². The van der Waals surface area contributed by atoms with E-state index in [1.54, 1.807) is 11.3 Å². The number of aliphatic imine (C=N–C) groups is 1. The van der Waals surface area contributed by atoms with Crippen LogP contribution < -0.4 is 10.6 Å². The summed E-state index contributed by atoms with van der Waals surface area (Å²) in [6.45, 7) is 8.89. The zero-order chi connectivity index (χ0) is 15.1. The molecule has 1 aliphatic heterocycles. The van der Waals surface area contributed by atoms with Gasteiger partial charge in [-0.3, -0.25) is 9.89 Å². The van der Waals surface area contributed by atoms with E-state index in [9.17, 15) is 0 Å². The highest BCUT2D eigenvalue weighted by Crippen LogP contribution is 2.17. The van der Waals surface area contributed by atoms with Gasteiger partial charge in [-0.15, -0.1) is 0 Å². The van der Waals surface area contributed by atoms with E-state index in [-0.39, 0.29) is 0 Å². The third kappa shape index (κ3) is 5.32. The van der Waals surface area contributed by atoms with Crippen molar-refractivity contribution in [3.8, 4) is 0 Å². The van der Waals surface area contributed by atoms with Crippen LogP contribution in [0.25, 0.3) is 0 Å². The first-order valence-corrected chi connectivity index (χ1v) is 8.83. The quantitative estimate of drug-likeness (QED) is 0.649. The fourth-order valence-corrected chi connectivity index (χ4v) is 3.47. The molecule has 0 aliphatic carbocycles. The Balaban J connectivity index is 1.72. The van der Waals surface area contributed by atoms with Gasteiger partial charge >= 0.3 is 0 Å². The van der Waals surface area contributed by atoms with E-state index in [4.69, 9.17) is 0 Å². The molecular formula is C16H28N4S. The Hall–Kier alpha value is -1.07. The highest BCUT2D eigenvalue weighted by molar-refractivity contribution is 7.07. The molecule has 0 amide bonds. The number of rotatable bonds is 5. The molecule has 0 aromatic carbocycles. The molecule has 5 heteroatoms. The van der Waals surface area contributed by atoms with Gasteiger partial charge in [-0.2, -0.15) is 11.3 Å². The molecule has 2 heterocycles. The van der Waals surface area contributed by atoms with Crippen molar-refractivity contribution in [2.45, 2.75) is 39.3 Å². The second kappa shape index (κ2) is 8.39. The smallest absolute Gasteiger partial charge is 0.191 e. The molecule has 0 saturated carbocycles. The second-order valence-electron chi connectivity index (χ2n) is 6.03. The van der Waals surface area contributed by atoms with E-state index in [0.29, 0.717) is 6.04 Å². The number of nitrogens with zero attached hydrogens (tertiary/aromatic N) is 2. The number of hydrogen-bond acceptors (Lipinski definition) is 3. The Morgan fingerprint density at radius 1 is 1.52 bits per heavy atom. The Kier molecular flexibility index (Phi) is 6.51. The number of thiophene rings is 1. The molecule has 1 aromatic heterocycles. The van der Waals surface area contributed by atoms with Crippen molar-refractivity contribution >= 4 is 17.3 Å². The van der Waals surface area contributed by atoms with Crippen molar-refractivity contribution in [3.63, 3.8) is 0 Å². The standard InChI is InChI=1S/C16H28N4S/c1-13-5-4-7-20(11-13)14(2)9-18-16(17-3)19-10-15-6-8-21-12-15/h6,8,12-14H,4-5,7,9-11H2,1-3H3,(H2,17,18,19). The lowest BCUT2D eigenvalue weighted by molar-refractivity contribution is 0.139. The van der Waals surface area contributed by atoms with Crippen LogP contribution in [0.2, 0.25) is 0 Å². The fourth-order valence-electron chi connectivity index (χ4n) is 2.80. The minimum Gasteiger partial charge on any atom is -0.355 e. The lowest BCUT2D eigenvalue weighted by Crippen LogP contribution is -2.48. The lowest BCUT2D eigenvalue weighted by Gasteiger charge is -2.35. The monoisotopic (exact) mass is 308 g/mol. The number of likely N-dealkylation sites (tertiary alicyclic amines) is 1. The molecule has 0 spiro atoms. The van der Waals surface area contributed by atoms with Crippen molar-refractivity contribution in [1.29, 1.82) is 0 Å². The first-order chi connectivity index (χ1) is 10.2. The van der Waals surface area contributed by atoms with E-state index < -0.39 is 0 Å². The molecule has 1 fully saturated rings. The summed E-state index contributed by atoms with van der Waals surface area (Å²) in [4.78, 5) is 6.89. The summed E-state index contributed by atoms with van der Waals surface area (Å²) in [5, 5.41) is 11.1. The zero-order valence-electron chi connectivity index (χ0n) is 13.4. The van der Waals surface area contributed by atoms with Crippen LogP contribution in [0.1, 0.15) is 32.3 Å². The van der Waals surface area contributed by atoms with Crippen LogP contribution in [0.4, 0.5) is 0 Å². The zero-order valence-corrected chi connectivity index (χ0v) is 14.2. The molecule has 118 valence electrons. The van der Waals surface area contributed by atoms with E-state index in [1.807, 2.05) is 7.05 Å². The molecule has 2 unspecified atom stereocenters. The Labute approximate surface area is 132 Å². The fraction of sp³-hybridized carbons (Fsp3) is 0.688. The van der Waals surface area contributed by atoms with Crippen molar-refractivity contribution < 1.29 is 0 Å². The molecule has 2 atom stereocenters. The average Bonchev–Trinajstić information content (AvgIpc) is 3.00. The van der Waals surface area contributed by atoms with Gasteiger partial charge in [0.1, 0.15) is 0 Å². The number of piperidine rings is 1. The Morgan fingerprint density at radius 2 is 2.38 bits per heavy atom. The molecule has 1 aromatic rings. The van der Waals surface area contributed by atoms with Gasteiger partial charge < -0.3 is 10.6 Å². The highest BCUT2D eigenvalue weighted by atomic mass is 32.1. The van der Waals surface area contributed by atoms with Crippen molar-refractivity contribution in [3.05, 3.63) is 22.4 Å². The molecule has 0 radical (unpaired) electrons. The summed E-state index contributed by atoms with van der Waals surface area (Å²) in [7, 11) is 1.83. The third-order valence-corrected chi connectivity index (χ3v) is 4.87. The van der Waals surface area contributed by atoms with E-state index in [1.165, 1.54) is 31.5 Å². The van der Waals surface area contributed by atoms with Crippen LogP contribution in [0.15, 0.2) is 21.8 Å². The minimum absolute atomic E-state index is 0.549. The molecule has 21 heavy (non-hydrogen) atoms. The lowest BCUT2D eigenvalue weighted by atomic mass is 9.99. The molecular weight excluding hydrogens is 280 g/mol. The van der Waals surface area contributed by atoms with Gasteiger partial charge in [-0.25, -0.2) is 0 Å². The molecule has 2 N–H and O–H groups in total. The van der Waals surface area contributed by atoms with Gasteiger partial charge in [0.2, 0.25) is 0 Å². The summed E-state index contributed by atoms with van der Waals surface area (Å²) >= 11 is 1.73. The Bertz CT molecular complexity index is 429. The number of guanidine groups is 1. The van der Waals surface area contributed by atoms with Crippen LogP contribution in [-0.2, 0) is 6.54 Å².